The Morgan fingerprint density at radius 3 is 2.07 bits per heavy atom. The van der Waals surface area contributed by atoms with Crippen molar-refractivity contribution in [2.24, 2.45) is 28.2 Å². The molecule has 160 valence electrons. The Hall–Kier alpha value is -1.31. The van der Waals surface area contributed by atoms with Crippen molar-refractivity contribution in [2.45, 2.75) is 45.1 Å². The van der Waals surface area contributed by atoms with Gasteiger partial charge in [0.1, 0.15) is 0 Å². The van der Waals surface area contributed by atoms with Crippen molar-refractivity contribution in [3.05, 3.63) is 35.4 Å². The number of hydrogen-bond donors (Lipinski definition) is 2. The van der Waals surface area contributed by atoms with Crippen molar-refractivity contribution in [1.29, 1.82) is 0 Å². The summed E-state index contributed by atoms with van der Waals surface area (Å²) in [5.74, 6) is 3.85. The van der Waals surface area contributed by atoms with E-state index >= 15 is 0 Å². The van der Waals surface area contributed by atoms with E-state index in [9.17, 15) is 4.79 Å². The van der Waals surface area contributed by atoms with Crippen molar-refractivity contribution in [2.75, 3.05) is 27.7 Å². The van der Waals surface area contributed by atoms with Crippen LogP contribution in [0.1, 0.15) is 54.4 Å². The first-order valence-corrected chi connectivity index (χ1v) is 10.7. The maximum atomic E-state index is 12.0. The summed E-state index contributed by atoms with van der Waals surface area (Å²) < 4.78 is 0. The summed E-state index contributed by atoms with van der Waals surface area (Å²) in [5.41, 5.74) is 2.37. The van der Waals surface area contributed by atoms with Gasteiger partial charge in [0.15, 0.2) is 5.96 Å². The first-order valence-electron chi connectivity index (χ1n) is 10.7. The van der Waals surface area contributed by atoms with E-state index in [1.54, 1.807) is 19.0 Å². The number of carbonyl (C=O) groups excluding carboxylic acids is 1. The molecule has 1 aromatic carbocycles. The Bertz CT molecular complexity index is 708. The second-order valence-electron chi connectivity index (χ2n) is 9.59. The second-order valence-corrected chi connectivity index (χ2v) is 9.59. The zero-order chi connectivity index (χ0) is 19.7. The van der Waals surface area contributed by atoms with Crippen LogP contribution < -0.4 is 10.6 Å². The number of hydrogen-bond acceptors (Lipinski definition) is 2. The lowest BCUT2D eigenvalue weighted by Crippen LogP contribution is -2.52. The van der Waals surface area contributed by atoms with E-state index in [0.717, 1.165) is 41.4 Å². The summed E-state index contributed by atoms with van der Waals surface area (Å²) in [5, 5.41) is 7.05. The average molecular weight is 510 g/mol. The quantitative estimate of drug-likeness (QED) is 0.359. The number of rotatable bonds is 5. The lowest BCUT2D eigenvalue weighted by atomic mass is 9.49. The van der Waals surface area contributed by atoms with E-state index < -0.39 is 0 Å². The highest BCUT2D eigenvalue weighted by Crippen LogP contribution is 2.59. The van der Waals surface area contributed by atoms with Crippen molar-refractivity contribution < 1.29 is 4.79 Å². The molecule has 5 rings (SSSR count). The molecule has 1 aromatic rings. The number of nitrogens with zero attached hydrogens (tertiary/aromatic N) is 2. The minimum absolute atomic E-state index is 0. The van der Waals surface area contributed by atoms with Crippen LogP contribution in [-0.4, -0.2) is 44.5 Å². The first-order chi connectivity index (χ1) is 13.5. The molecule has 0 saturated heterocycles. The molecule has 0 aromatic heterocycles. The molecule has 0 radical (unpaired) electrons. The molecule has 0 heterocycles. The minimum atomic E-state index is 0. The second kappa shape index (κ2) is 9.23. The monoisotopic (exact) mass is 510 g/mol. The summed E-state index contributed by atoms with van der Waals surface area (Å²) in [6, 6.07) is 7.81. The Morgan fingerprint density at radius 2 is 1.59 bits per heavy atom. The van der Waals surface area contributed by atoms with Crippen molar-refractivity contribution >= 4 is 35.8 Å². The molecule has 0 aliphatic heterocycles. The van der Waals surface area contributed by atoms with Crippen LogP contribution >= 0.6 is 24.0 Å². The molecule has 4 fully saturated rings. The third-order valence-corrected chi connectivity index (χ3v) is 7.09. The van der Waals surface area contributed by atoms with E-state index in [1.165, 1.54) is 38.5 Å². The molecule has 5 nitrogen and oxygen atoms in total. The summed E-state index contributed by atoms with van der Waals surface area (Å²) in [4.78, 5) is 18.0. The summed E-state index contributed by atoms with van der Waals surface area (Å²) in [7, 11) is 5.39. The molecule has 4 bridgehead atoms. The van der Waals surface area contributed by atoms with Gasteiger partial charge in [0.25, 0.3) is 5.91 Å². The van der Waals surface area contributed by atoms with E-state index in [1.807, 2.05) is 31.3 Å². The van der Waals surface area contributed by atoms with Crippen molar-refractivity contribution in [3.63, 3.8) is 0 Å². The van der Waals surface area contributed by atoms with Gasteiger partial charge < -0.3 is 15.5 Å². The van der Waals surface area contributed by atoms with Crippen LogP contribution in [0.25, 0.3) is 0 Å². The van der Waals surface area contributed by atoms with E-state index in [2.05, 4.69) is 15.6 Å². The molecule has 6 heteroatoms. The fourth-order valence-electron chi connectivity index (χ4n) is 6.21. The highest BCUT2D eigenvalue weighted by molar-refractivity contribution is 14.0. The van der Waals surface area contributed by atoms with Crippen LogP contribution in [0.3, 0.4) is 0 Å². The number of benzene rings is 1. The summed E-state index contributed by atoms with van der Waals surface area (Å²) in [6.45, 7) is 1.75. The first kappa shape index (κ1) is 22.4. The zero-order valence-electron chi connectivity index (χ0n) is 17.9. The smallest absolute Gasteiger partial charge is 0.253 e. The van der Waals surface area contributed by atoms with E-state index in [4.69, 9.17) is 0 Å². The third kappa shape index (κ3) is 5.06. The summed E-state index contributed by atoms with van der Waals surface area (Å²) >= 11 is 0. The van der Waals surface area contributed by atoms with Gasteiger partial charge in [0.2, 0.25) is 0 Å². The van der Waals surface area contributed by atoms with Crippen LogP contribution in [0.15, 0.2) is 29.3 Å². The molecule has 29 heavy (non-hydrogen) atoms. The molecule has 0 unspecified atom stereocenters. The summed E-state index contributed by atoms with van der Waals surface area (Å²) in [6.07, 6.45) is 8.68. The van der Waals surface area contributed by atoms with Gasteiger partial charge in [-0.1, -0.05) is 12.1 Å². The van der Waals surface area contributed by atoms with Gasteiger partial charge in [-0.2, -0.15) is 0 Å². The predicted octanol–water partition coefficient (Wildman–Crippen LogP) is 3.89. The lowest BCUT2D eigenvalue weighted by molar-refractivity contribution is -0.0492. The lowest BCUT2D eigenvalue weighted by Gasteiger charge is -2.57. The highest BCUT2D eigenvalue weighted by Gasteiger charge is 2.50. The molecule has 4 aliphatic carbocycles. The van der Waals surface area contributed by atoms with Gasteiger partial charge in [-0.25, -0.2) is 0 Å². The molecular weight excluding hydrogens is 475 g/mol. The van der Waals surface area contributed by atoms with Crippen LogP contribution in [0.2, 0.25) is 0 Å². The van der Waals surface area contributed by atoms with Gasteiger partial charge >= 0.3 is 0 Å². The maximum Gasteiger partial charge on any atom is 0.253 e. The maximum absolute atomic E-state index is 12.0. The fourth-order valence-corrected chi connectivity index (χ4v) is 6.21. The van der Waals surface area contributed by atoms with Gasteiger partial charge in [-0.15, -0.1) is 24.0 Å². The van der Waals surface area contributed by atoms with Crippen molar-refractivity contribution in [3.8, 4) is 0 Å². The number of halogens is 1. The number of aliphatic imine (C=N–C) groups is 1. The fraction of sp³-hybridized carbons (Fsp3) is 0.652. The van der Waals surface area contributed by atoms with Crippen molar-refractivity contribution in [1.82, 2.24) is 15.5 Å². The number of nitrogens with one attached hydrogen (secondary N) is 2. The number of amides is 1. The number of guanidine groups is 1. The Balaban J connectivity index is 0.00000240. The highest BCUT2D eigenvalue weighted by atomic mass is 127. The number of carbonyl (C=O) groups is 1. The van der Waals surface area contributed by atoms with E-state index in [0.29, 0.717) is 12.0 Å². The minimum Gasteiger partial charge on any atom is -0.356 e. The standard InChI is InChI=1S/C23H34N4O.HI/c1-24-22(25-14-16-4-6-20(7-5-16)21(28)27(2)3)26-15-23-11-17-8-18(12-23)10-19(9-17)13-23;/h4-7,17-19H,8-15H2,1-3H3,(H2,24,25,26);1H. The molecule has 0 spiro atoms. The zero-order valence-corrected chi connectivity index (χ0v) is 20.2. The third-order valence-electron chi connectivity index (χ3n) is 7.09. The van der Waals surface area contributed by atoms with Gasteiger partial charge in [-0.3, -0.25) is 9.79 Å². The Morgan fingerprint density at radius 1 is 1.03 bits per heavy atom. The largest absolute Gasteiger partial charge is 0.356 e. The Kier molecular flexibility index (Phi) is 7.12. The molecule has 0 atom stereocenters. The van der Waals surface area contributed by atoms with Crippen LogP contribution in [0.5, 0.6) is 0 Å². The van der Waals surface area contributed by atoms with Gasteiger partial charge in [0, 0.05) is 39.8 Å². The van der Waals surface area contributed by atoms with Crippen LogP contribution in [0, 0.1) is 23.2 Å². The topological polar surface area (TPSA) is 56.7 Å². The molecule has 2 N–H and O–H groups in total. The van der Waals surface area contributed by atoms with Crippen LogP contribution in [0.4, 0.5) is 0 Å². The van der Waals surface area contributed by atoms with E-state index in [-0.39, 0.29) is 29.9 Å². The molecule has 1 amide bonds. The average Bonchev–Trinajstić information content (AvgIpc) is 2.67. The van der Waals surface area contributed by atoms with Crippen LogP contribution in [-0.2, 0) is 6.54 Å². The van der Waals surface area contributed by atoms with Gasteiger partial charge in [-0.05, 0) is 79.4 Å². The SMILES string of the molecule is CN=C(NCc1ccc(C(=O)N(C)C)cc1)NCC12CC3CC(CC(C3)C1)C2.I. The Labute approximate surface area is 192 Å². The molecule has 4 saturated carbocycles. The normalized spacial score (nSPS) is 29.9. The molecular formula is C23H35IN4O. The predicted molar refractivity (Wildman–Crippen MR) is 129 cm³/mol. The van der Waals surface area contributed by atoms with Gasteiger partial charge in [0.05, 0.1) is 0 Å². The molecule has 4 aliphatic rings.